The fraction of sp³-hybridized carbons (Fsp3) is 0.294. The molecule has 3 heteroatoms. The van der Waals surface area contributed by atoms with Gasteiger partial charge in [0, 0.05) is 16.5 Å². The van der Waals surface area contributed by atoms with Gasteiger partial charge in [0.15, 0.2) is 0 Å². The Morgan fingerprint density at radius 1 is 0.850 bits per heavy atom. The van der Waals surface area contributed by atoms with Gasteiger partial charge < -0.3 is 5.11 Å². The van der Waals surface area contributed by atoms with Crippen LogP contribution in [0.2, 0.25) is 10.0 Å². The molecule has 2 rings (SSSR count). The first-order chi connectivity index (χ1) is 9.49. The van der Waals surface area contributed by atoms with E-state index in [0.29, 0.717) is 22.9 Å². The largest absolute Gasteiger partial charge is 0.392 e. The maximum atomic E-state index is 10.3. The van der Waals surface area contributed by atoms with E-state index in [1.54, 1.807) is 12.1 Å². The third kappa shape index (κ3) is 3.54. The Morgan fingerprint density at radius 3 is 1.85 bits per heavy atom. The minimum atomic E-state index is -0.493. The molecule has 0 bridgehead atoms. The summed E-state index contributed by atoms with van der Waals surface area (Å²) in [5.41, 5.74) is 4.42. The number of hydrogen-bond acceptors (Lipinski definition) is 1. The molecule has 0 saturated carbocycles. The summed E-state index contributed by atoms with van der Waals surface area (Å²) in [6, 6.07) is 11.6. The van der Waals surface area contributed by atoms with Crippen LogP contribution in [0.1, 0.15) is 22.3 Å². The zero-order chi connectivity index (χ0) is 14.7. The van der Waals surface area contributed by atoms with Gasteiger partial charge in [0.2, 0.25) is 0 Å². The Bertz CT molecular complexity index is 514. The van der Waals surface area contributed by atoms with Crippen molar-refractivity contribution in [3.8, 4) is 0 Å². The van der Waals surface area contributed by atoms with Gasteiger partial charge in [0.25, 0.3) is 0 Å². The Morgan fingerprint density at radius 2 is 1.30 bits per heavy atom. The molecule has 0 radical (unpaired) electrons. The van der Waals surface area contributed by atoms with Gasteiger partial charge in [-0.25, -0.2) is 0 Å². The lowest BCUT2D eigenvalue weighted by atomic mass is 9.95. The van der Waals surface area contributed by atoms with Crippen molar-refractivity contribution >= 4 is 23.2 Å². The highest BCUT2D eigenvalue weighted by atomic mass is 35.5. The number of benzene rings is 2. The second kappa shape index (κ2) is 6.62. The third-order valence-corrected chi connectivity index (χ3v) is 4.29. The summed E-state index contributed by atoms with van der Waals surface area (Å²) in [4.78, 5) is 0. The van der Waals surface area contributed by atoms with Crippen LogP contribution in [0.5, 0.6) is 0 Å². The molecule has 0 amide bonds. The van der Waals surface area contributed by atoms with Crippen LogP contribution in [-0.4, -0.2) is 11.2 Å². The van der Waals surface area contributed by atoms with E-state index < -0.39 is 6.10 Å². The minimum Gasteiger partial charge on any atom is -0.392 e. The topological polar surface area (TPSA) is 20.2 Å². The summed E-state index contributed by atoms with van der Waals surface area (Å²) in [7, 11) is 0. The number of aliphatic hydroxyl groups is 1. The van der Waals surface area contributed by atoms with Crippen molar-refractivity contribution in [1.29, 1.82) is 0 Å². The second-order valence-corrected chi connectivity index (χ2v) is 5.95. The normalized spacial score (nSPS) is 12.4. The van der Waals surface area contributed by atoms with Crippen LogP contribution in [0.4, 0.5) is 0 Å². The van der Waals surface area contributed by atoms with Crippen molar-refractivity contribution in [3.05, 3.63) is 68.7 Å². The van der Waals surface area contributed by atoms with Crippen molar-refractivity contribution in [3.63, 3.8) is 0 Å². The molecule has 0 heterocycles. The van der Waals surface area contributed by atoms with E-state index in [2.05, 4.69) is 26.0 Å². The van der Waals surface area contributed by atoms with E-state index in [0.717, 1.165) is 5.56 Å². The predicted octanol–water partition coefficient (Wildman–Crippen LogP) is 4.76. The van der Waals surface area contributed by atoms with Crippen molar-refractivity contribution < 1.29 is 5.11 Å². The molecular weight excluding hydrogens is 291 g/mol. The summed E-state index contributed by atoms with van der Waals surface area (Å²) in [5.74, 6) is 0. The third-order valence-electron chi connectivity index (χ3n) is 3.59. The Balaban J connectivity index is 2.15. The summed E-state index contributed by atoms with van der Waals surface area (Å²) in [6.45, 7) is 4.13. The van der Waals surface area contributed by atoms with Crippen molar-refractivity contribution in [2.75, 3.05) is 0 Å². The van der Waals surface area contributed by atoms with Crippen molar-refractivity contribution in [2.45, 2.75) is 32.8 Å². The van der Waals surface area contributed by atoms with E-state index >= 15 is 0 Å². The van der Waals surface area contributed by atoms with E-state index in [1.807, 2.05) is 12.1 Å². The minimum absolute atomic E-state index is 0.465. The Labute approximate surface area is 130 Å². The van der Waals surface area contributed by atoms with Crippen LogP contribution in [0, 0.1) is 13.8 Å². The van der Waals surface area contributed by atoms with Gasteiger partial charge in [-0.2, -0.15) is 0 Å². The molecule has 1 atom stereocenters. The quantitative estimate of drug-likeness (QED) is 0.863. The lowest BCUT2D eigenvalue weighted by molar-refractivity contribution is 0.175. The molecule has 20 heavy (non-hydrogen) atoms. The molecule has 0 aliphatic carbocycles. The van der Waals surface area contributed by atoms with Gasteiger partial charge in [-0.15, -0.1) is 0 Å². The lowest BCUT2D eigenvalue weighted by Gasteiger charge is -2.16. The molecule has 2 aromatic rings. The van der Waals surface area contributed by atoms with E-state index in [-0.39, 0.29) is 0 Å². The molecule has 0 fully saturated rings. The smallest absolute Gasteiger partial charge is 0.0622 e. The number of rotatable bonds is 4. The van der Waals surface area contributed by atoms with Crippen LogP contribution in [0.25, 0.3) is 0 Å². The van der Waals surface area contributed by atoms with Crippen LogP contribution in [0.15, 0.2) is 36.4 Å². The fourth-order valence-electron chi connectivity index (χ4n) is 2.44. The highest BCUT2D eigenvalue weighted by Gasteiger charge is 2.14. The second-order valence-electron chi connectivity index (χ2n) is 5.13. The predicted molar refractivity (Wildman–Crippen MR) is 85.8 cm³/mol. The monoisotopic (exact) mass is 308 g/mol. The molecule has 2 aromatic carbocycles. The summed E-state index contributed by atoms with van der Waals surface area (Å²) in [5, 5.41) is 11.6. The lowest BCUT2D eigenvalue weighted by Crippen LogP contribution is -2.16. The van der Waals surface area contributed by atoms with Crippen LogP contribution in [-0.2, 0) is 12.8 Å². The van der Waals surface area contributed by atoms with Crippen molar-refractivity contribution in [1.82, 2.24) is 0 Å². The summed E-state index contributed by atoms with van der Waals surface area (Å²) in [6.07, 6.45) is 0.582. The highest BCUT2D eigenvalue weighted by molar-refractivity contribution is 6.35. The molecular formula is C17H18Cl2O. The molecule has 0 spiro atoms. The number of halogens is 2. The molecule has 0 saturated heterocycles. The van der Waals surface area contributed by atoms with Crippen LogP contribution >= 0.6 is 23.2 Å². The van der Waals surface area contributed by atoms with Gasteiger partial charge in [-0.05, 0) is 54.7 Å². The van der Waals surface area contributed by atoms with Crippen LogP contribution in [0.3, 0.4) is 0 Å². The Hall–Kier alpha value is -1.02. The maximum absolute atomic E-state index is 10.3. The first kappa shape index (κ1) is 15.4. The van der Waals surface area contributed by atoms with Gasteiger partial charge >= 0.3 is 0 Å². The average Bonchev–Trinajstić information content (AvgIpc) is 2.39. The molecule has 0 aromatic heterocycles. The SMILES string of the molecule is Cc1cccc(C)c1CC(O)Cc1c(Cl)cccc1Cl. The van der Waals surface area contributed by atoms with Gasteiger partial charge in [-0.3, -0.25) is 0 Å². The van der Waals surface area contributed by atoms with E-state index in [4.69, 9.17) is 23.2 Å². The average molecular weight is 309 g/mol. The van der Waals surface area contributed by atoms with Gasteiger partial charge in [-0.1, -0.05) is 47.5 Å². The molecule has 0 aliphatic rings. The van der Waals surface area contributed by atoms with E-state index in [1.165, 1.54) is 16.7 Å². The molecule has 1 nitrogen and oxygen atoms in total. The zero-order valence-electron chi connectivity index (χ0n) is 11.7. The van der Waals surface area contributed by atoms with E-state index in [9.17, 15) is 5.11 Å². The molecule has 1 unspecified atom stereocenters. The highest BCUT2D eigenvalue weighted by Crippen LogP contribution is 2.26. The Kier molecular flexibility index (Phi) is 5.09. The number of aliphatic hydroxyl groups excluding tert-OH is 1. The molecule has 106 valence electrons. The molecule has 0 aliphatic heterocycles. The first-order valence-corrected chi connectivity index (χ1v) is 7.40. The zero-order valence-corrected chi connectivity index (χ0v) is 13.2. The van der Waals surface area contributed by atoms with Crippen LogP contribution < -0.4 is 0 Å². The first-order valence-electron chi connectivity index (χ1n) is 6.65. The van der Waals surface area contributed by atoms with Gasteiger partial charge in [0.1, 0.15) is 0 Å². The summed E-state index contributed by atoms with van der Waals surface area (Å²) >= 11 is 12.3. The maximum Gasteiger partial charge on any atom is 0.0622 e. The summed E-state index contributed by atoms with van der Waals surface area (Å²) < 4.78 is 0. The van der Waals surface area contributed by atoms with Crippen molar-refractivity contribution in [2.24, 2.45) is 0 Å². The standard InChI is InChI=1S/C17H18Cl2O/c1-11-5-3-6-12(2)14(11)9-13(20)10-15-16(18)7-4-8-17(15)19/h3-8,13,20H,9-10H2,1-2H3. The number of hydrogen-bond donors (Lipinski definition) is 1. The number of aryl methyl sites for hydroxylation is 2. The fourth-order valence-corrected chi connectivity index (χ4v) is 2.99. The molecule has 1 N–H and O–H groups in total. The van der Waals surface area contributed by atoms with Gasteiger partial charge in [0.05, 0.1) is 6.10 Å².